The Morgan fingerprint density at radius 1 is 1.09 bits per heavy atom. The molecule has 2 aromatic heterocycles. The third-order valence-electron chi connectivity index (χ3n) is 7.33. The molecule has 3 fully saturated rings. The van der Waals surface area contributed by atoms with Crippen molar-refractivity contribution >= 4 is 11.9 Å². The molecule has 32 heavy (non-hydrogen) atoms. The number of carbonyl (C=O) groups excluding carboxylic acids is 1. The number of hydrogen-bond acceptors (Lipinski definition) is 6. The maximum atomic E-state index is 13.5. The van der Waals surface area contributed by atoms with Gasteiger partial charge in [-0.05, 0) is 51.0 Å². The molecule has 1 amide bonds. The van der Waals surface area contributed by atoms with Gasteiger partial charge in [-0.2, -0.15) is 5.10 Å². The van der Waals surface area contributed by atoms with Gasteiger partial charge >= 0.3 is 0 Å². The van der Waals surface area contributed by atoms with Gasteiger partial charge in [0.25, 0.3) is 0 Å². The minimum atomic E-state index is 0.00632. The molecule has 172 valence electrons. The van der Waals surface area contributed by atoms with Gasteiger partial charge in [0.2, 0.25) is 11.9 Å². The van der Waals surface area contributed by atoms with Crippen molar-refractivity contribution in [1.82, 2.24) is 24.6 Å². The topological polar surface area (TPSA) is 76.4 Å². The molecule has 5 rings (SSSR count). The van der Waals surface area contributed by atoms with Gasteiger partial charge in [-0.3, -0.25) is 9.48 Å². The van der Waals surface area contributed by atoms with Gasteiger partial charge in [0.05, 0.1) is 23.5 Å². The first-order valence-electron chi connectivity index (χ1n) is 12.1. The molecule has 3 atom stereocenters. The lowest BCUT2D eigenvalue weighted by Crippen LogP contribution is -2.39. The molecule has 1 saturated carbocycles. The second kappa shape index (κ2) is 9.17. The highest BCUT2D eigenvalue weighted by Crippen LogP contribution is 2.39. The van der Waals surface area contributed by atoms with Crippen molar-refractivity contribution in [3.8, 4) is 11.3 Å². The molecule has 0 spiro atoms. The van der Waals surface area contributed by atoms with Crippen molar-refractivity contribution in [3.63, 3.8) is 0 Å². The molecule has 3 aliphatic rings. The summed E-state index contributed by atoms with van der Waals surface area (Å²) in [7, 11) is 3.70. The monoisotopic (exact) mass is 438 g/mol. The van der Waals surface area contributed by atoms with Crippen LogP contribution < -0.4 is 4.90 Å². The molecule has 0 bridgehead atoms. The molecule has 2 aromatic rings. The maximum absolute atomic E-state index is 13.5. The smallest absolute Gasteiger partial charge is 0.226 e. The SMILES string of the molecule is COC1CCCC(C(=O)N2CCCC2c2nn(C)cc2-c2ccnc(N3CCCC3)n2)C1. The average molecular weight is 439 g/mol. The summed E-state index contributed by atoms with van der Waals surface area (Å²) in [4.78, 5) is 27.3. The van der Waals surface area contributed by atoms with Crippen molar-refractivity contribution in [1.29, 1.82) is 0 Å². The summed E-state index contributed by atoms with van der Waals surface area (Å²) in [5.41, 5.74) is 2.86. The molecule has 1 aliphatic carbocycles. The number of hydrogen-bond donors (Lipinski definition) is 0. The first kappa shape index (κ1) is 21.4. The molecule has 8 heteroatoms. The lowest BCUT2D eigenvalue weighted by atomic mass is 9.86. The number of aromatic nitrogens is 4. The fourth-order valence-electron chi connectivity index (χ4n) is 5.65. The lowest BCUT2D eigenvalue weighted by molar-refractivity contribution is -0.139. The molecular formula is C24H34N6O2. The van der Waals surface area contributed by atoms with E-state index < -0.39 is 0 Å². The normalized spacial score (nSPS) is 26.1. The van der Waals surface area contributed by atoms with Gasteiger partial charge in [0.15, 0.2) is 0 Å². The van der Waals surface area contributed by atoms with Crippen LogP contribution in [0.5, 0.6) is 0 Å². The van der Waals surface area contributed by atoms with Crippen LogP contribution >= 0.6 is 0 Å². The minimum absolute atomic E-state index is 0.00632. The quantitative estimate of drug-likeness (QED) is 0.713. The third kappa shape index (κ3) is 4.12. The van der Waals surface area contributed by atoms with Crippen molar-refractivity contribution < 1.29 is 9.53 Å². The first-order valence-corrected chi connectivity index (χ1v) is 12.1. The zero-order valence-electron chi connectivity index (χ0n) is 19.2. The highest BCUT2D eigenvalue weighted by atomic mass is 16.5. The van der Waals surface area contributed by atoms with Crippen molar-refractivity contribution in [2.75, 3.05) is 31.6 Å². The number of rotatable bonds is 5. The van der Waals surface area contributed by atoms with Crippen molar-refractivity contribution in [2.45, 2.75) is 63.5 Å². The number of likely N-dealkylation sites (tertiary alicyclic amines) is 1. The van der Waals surface area contributed by atoms with Crippen LogP contribution in [0.4, 0.5) is 5.95 Å². The van der Waals surface area contributed by atoms with Crippen LogP contribution in [0.3, 0.4) is 0 Å². The van der Waals surface area contributed by atoms with E-state index in [0.29, 0.717) is 0 Å². The van der Waals surface area contributed by atoms with Gasteiger partial charge in [-0.25, -0.2) is 9.97 Å². The summed E-state index contributed by atoms with van der Waals surface area (Å²) in [6.45, 7) is 2.83. The van der Waals surface area contributed by atoms with Crippen LogP contribution in [0.1, 0.15) is 63.1 Å². The largest absolute Gasteiger partial charge is 0.381 e. The Labute approximate surface area is 190 Å². The standard InChI is InChI=1S/C24H34N6O2/c1-28-16-19(20-10-11-25-24(26-20)29-12-3-4-13-29)22(27-28)21-9-6-14-30(21)23(31)17-7-5-8-18(15-17)32-2/h10-11,16-18,21H,3-9,12-15H2,1-2H3. The van der Waals surface area contributed by atoms with E-state index in [2.05, 4.69) is 14.8 Å². The average Bonchev–Trinajstić information content (AvgIpc) is 3.59. The first-order chi connectivity index (χ1) is 15.6. The van der Waals surface area contributed by atoms with Crippen LogP contribution in [0.25, 0.3) is 11.3 Å². The summed E-state index contributed by atoms with van der Waals surface area (Å²) < 4.78 is 7.43. The van der Waals surface area contributed by atoms with Crippen molar-refractivity contribution in [2.24, 2.45) is 13.0 Å². The van der Waals surface area contributed by atoms with Crippen LogP contribution in [-0.4, -0.2) is 63.4 Å². The second-order valence-electron chi connectivity index (χ2n) is 9.45. The van der Waals surface area contributed by atoms with E-state index in [0.717, 1.165) is 81.1 Å². The summed E-state index contributed by atoms with van der Waals surface area (Å²) in [5.74, 6) is 1.12. The maximum Gasteiger partial charge on any atom is 0.226 e. The van der Waals surface area contributed by atoms with E-state index in [1.807, 2.05) is 30.2 Å². The van der Waals surface area contributed by atoms with Gasteiger partial charge in [0, 0.05) is 57.7 Å². The summed E-state index contributed by atoms with van der Waals surface area (Å²) in [6, 6.07) is 1.97. The van der Waals surface area contributed by atoms with E-state index in [4.69, 9.17) is 14.8 Å². The number of anilines is 1. The van der Waals surface area contributed by atoms with Crippen LogP contribution in [0, 0.1) is 5.92 Å². The Kier molecular flexibility index (Phi) is 6.13. The Balaban J connectivity index is 1.42. The highest BCUT2D eigenvalue weighted by Gasteiger charge is 2.38. The molecule has 2 aliphatic heterocycles. The number of methoxy groups -OCH3 is 1. The predicted molar refractivity (Wildman–Crippen MR) is 122 cm³/mol. The Bertz CT molecular complexity index is 954. The molecule has 0 radical (unpaired) electrons. The fraction of sp³-hybridized carbons (Fsp3) is 0.667. The van der Waals surface area contributed by atoms with E-state index in [9.17, 15) is 4.79 Å². The van der Waals surface area contributed by atoms with Gasteiger partial charge in [-0.15, -0.1) is 0 Å². The number of aryl methyl sites for hydroxylation is 1. The number of ether oxygens (including phenoxy) is 1. The zero-order valence-corrected chi connectivity index (χ0v) is 19.2. The van der Waals surface area contributed by atoms with Crippen LogP contribution in [-0.2, 0) is 16.6 Å². The second-order valence-corrected chi connectivity index (χ2v) is 9.45. The molecule has 2 saturated heterocycles. The molecule has 4 heterocycles. The lowest BCUT2D eigenvalue weighted by Gasteiger charge is -2.33. The molecule has 8 nitrogen and oxygen atoms in total. The zero-order chi connectivity index (χ0) is 22.1. The van der Waals surface area contributed by atoms with Gasteiger partial charge in [0.1, 0.15) is 0 Å². The van der Waals surface area contributed by atoms with E-state index in [-0.39, 0.29) is 24.0 Å². The molecule has 3 unspecified atom stereocenters. The van der Waals surface area contributed by atoms with Crippen LogP contribution in [0.15, 0.2) is 18.5 Å². The van der Waals surface area contributed by atoms with E-state index >= 15 is 0 Å². The van der Waals surface area contributed by atoms with Crippen LogP contribution in [0.2, 0.25) is 0 Å². The van der Waals surface area contributed by atoms with E-state index in [1.165, 1.54) is 12.8 Å². The summed E-state index contributed by atoms with van der Waals surface area (Å²) in [5, 5.41) is 4.83. The highest BCUT2D eigenvalue weighted by molar-refractivity contribution is 5.80. The fourth-order valence-corrected chi connectivity index (χ4v) is 5.65. The predicted octanol–water partition coefficient (Wildman–Crippen LogP) is 3.35. The Morgan fingerprint density at radius 2 is 1.94 bits per heavy atom. The third-order valence-corrected chi connectivity index (χ3v) is 7.33. The Morgan fingerprint density at radius 3 is 2.75 bits per heavy atom. The Hall–Kier alpha value is -2.48. The number of nitrogens with zero attached hydrogens (tertiary/aromatic N) is 6. The summed E-state index contributed by atoms with van der Waals surface area (Å²) in [6.07, 6.45) is 12.3. The molecular weight excluding hydrogens is 404 g/mol. The molecule has 0 aromatic carbocycles. The van der Waals surface area contributed by atoms with Gasteiger partial charge < -0.3 is 14.5 Å². The molecule has 0 N–H and O–H groups in total. The van der Waals surface area contributed by atoms with Gasteiger partial charge in [-0.1, -0.05) is 6.42 Å². The van der Waals surface area contributed by atoms with Crippen molar-refractivity contribution in [3.05, 3.63) is 24.2 Å². The van der Waals surface area contributed by atoms with E-state index in [1.54, 1.807) is 7.11 Å². The minimum Gasteiger partial charge on any atom is -0.381 e. The summed E-state index contributed by atoms with van der Waals surface area (Å²) >= 11 is 0. The number of amides is 1. The number of carbonyl (C=O) groups is 1.